The van der Waals surface area contributed by atoms with Crippen LogP contribution in [0, 0.1) is 0 Å². The summed E-state index contributed by atoms with van der Waals surface area (Å²) in [4.78, 5) is 0. The van der Waals surface area contributed by atoms with Crippen molar-refractivity contribution in [2.75, 3.05) is 0 Å². The van der Waals surface area contributed by atoms with Crippen molar-refractivity contribution in [3.05, 3.63) is 0 Å². The van der Waals surface area contributed by atoms with E-state index >= 15 is 0 Å². The van der Waals surface area contributed by atoms with Crippen molar-refractivity contribution in [1.82, 2.24) is 12.3 Å². The summed E-state index contributed by atoms with van der Waals surface area (Å²) in [6.07, 6.45) is 0. The van der Waals surface area contributed by atoms with E-state index in [-0.39, 0.29) is 67.1 Å². The van der Waals surface area contributed by atoms with E-state index < -0.39 is 10.4 Å². The van der Waals surface area contributed by atoms with E-state index in [1.807, 2.05) is 0 Å². The standard InChI is InChI=1S/2H3N.H2O4S.10H2O/c;;1-5(2,3)4;;;;;;;;;;/h2*1H3;(H2,1,2,3,4);10*1H2. The van der Waals surface area contributed by atoms with E-state index in [2.05, 4.69) is 0 Å². The summed E-state index contributed by atoms with van der Waals surface area (Å²) in [5.41, 5.74) is 0. The molecule has 0 aliphatic carbocycles. The van der Waals surface area contributed by atoms with Gasteiger partial charge in [-0.05, 0) is 0 Å². The average Bonchev–Trinajstić information content (AvgIpc) is 0.722. The van der Waals surface area contributed by atoms with Crippen molar-refractivity contribution < 1.29 is 72.3 Å². The lowest BCUT2D eigenvalue weighted by molar-refractivity contribution is 0.381. The third kappa shape index (κ3) is 7420. The lowest BCUT2D eigenvalue weighted by Gasteiger charge is -1.68. The molecule has 0 bridgehead atoms. The molecule has 0 rings (SSSR count). The third-order valence-electron chi connectivity index (χ3n) is 0. The second kappa shape index (κ2) is 110. The Morgan fingerprint density at radius 1 is 0.471 bits per heavy atom. The average molecular weight is 312 g/mol. The Balaban J connectivity index is -0.00000000121. The highest BCUT2D eigenvalue weighted by Crippen LogP contribution is 1.59. The van der Waals surface area contributed by atoms with Crippen molar-refractivity contribution in [3.8, 4) is 0 Å². The van der Waals surface area contributed by atoms with Crippen LogP contribution < -0.4 is 12.3 Å². The molecule has 0 amide bonds. The predicted octanol–water partition coefficient (Wildman–Crippen LogP) is -8.58. The molecule has 0 aromatic carbocycles. The minimum absolute atomic E-state index is 0. The van der Waals surface area contributed by atoms with Crippen LogP contribution >= 0.6 is 0 Å². The Hall–Kier alpha value is -0.610. The van der Waals surface area contributed by atoms with Crippen molar-refractivity contribution in [3.63, 3.8) is 0 Å². The van der Waals surface area contributed by atoms with Gasteiger partial charge in [-0.25, -0.2) is 0 Å². The summed E-state index contributed by atoms with van der Waals surface area (Å²) < 4.78 is 31.6. The van der Waals surface area contributed by atoms with Crippen LogP contribution in [-0.4, -0.2) is 72.3 Å². The van der Waals surface area contributed by atoms with Gasteiger partial charge in [-0.2, -0.15) is 8.42 Å². The van der Waals surface area contributed by atoms with Crippen LogP contribution in [0.3, 0.4) is 0 Å². The van der Waals surface area contributed by atoms with E-state index in [1.165, 1.54) is 0 Å². The van der Waals surface area contributed by atoms with E-state index in [4.69, 9.17) is 17.5 Å². The largest absolute Gasteiger partial charge is 0.412 e. The molecule has 0 aromatic heterocycles. The lowest BCUT2D eigenvalue weighted by Crippen LogP contribution is -1.89. The summed E-state index contributed by atoms with van der Waals surface area (Å²) in [6.45, 7) is 0. The zero-order chi connectivity index (χ0) is 4.50. The molecule has 0 aliphatic rings. The first-order valence-corrected chi connectivity index (χ1v) is 2.10. The molecule has 17 heavy (non-hydrogen) atoms. The van der Waals surface area contributed by atoms with Gasteiger partial charge in [-0.15, -0.1) is 0 Å². The molecular formula is H28N2O14S. The molecular weight excluding hydrogens is 284 g/mol. The zero-order valence-electron chi connectivity index (χ0n) is 8.53. The van der Waals surface area contributed by atoms with Gasteiger partial charge in [0.15, 0.2) is 0 Å². The minimum atomic E-state index is -4.67. The van der Waals surface area contributed by atoms with Crippen molar-refractivity contribution in [2.24, 2.45) is 0 Å². The molecule has 0 saturated heterocycles. The normalized spacial score (nSPS) is 3.41. The van der Waals surface area contributed by atoms with Gasteiger partial charge in [0.2, 0.25) is 0 Å². The summed E-state index contributed by atoms with van der Waals surface area (Å²) in [7, 11) is -4.67. The quantitative estimate of drug-likeness (QED) is 0.314. The summed E-state index contributed by atoms with van der Waals surface area (Å²) >= 11 is 0. The molecule has 0 radical (unpaired) electrons. The van der Waals surface area contributed by atoms with Crippen molar-refractivity contribution in [2.45, 2.75) is 0 Å². The second-order valence-electron chi connectivity index (χ2n) is 0.448. The summed E-state index contributed by atoms with van der Waals surface area (Å²) in [6, 6.07) is 0. The van der Waals surface area contributed by atoms with Crippen LogP contribution in [0.15, 0.2) is 0 Å². The fourth-order valence-electron chi connectivity index (χ4n) is 0. The predicted molar refractivity (Wildman–Crippen MR) is 60.4 cm³/mol. The molecule has 128 valence electrons. The highest BCUT2D eigenvalue weighted by atomic mass is 32.3. The van der Waals surface area contributed by atoms with Crippen LogP contribution in [0.2, 0.25) is 0 Å². The minimum Gasteiger partial charge on any atom is -0.412 e. The molecule has 0 fully saturated rings. The molecule has 0 aliphatic heterocycles. The van der Waals surface area contributed by atoms with Gasteiger partial charge < -0.3 is 67.1 Å². The Bertz CT molecular complexity index is 97.4. The molecule has 0 heterocycles. The monoisotopic (exact) mass is 312 g/mol. The lowest BCUT2D eigenvalue weighted by atomic mass is 14.0. The molecule has 0 saturated carbocycles. The fraction of sp³-hybridized carbons (Fsp3) is 0. The number of hydrogen-bond acceptors (Lipinski definition) is 4. The van der Waals surface area contributed by atoms with Gasteiger partial charge in [0.05, 0.1) is 0 Å². The maximum atomic E-state index is 8.74. The smallest absolute Gasteiger partial charge is 0.394 e. The van der Waals surface area contributed by atoms with Crippen LogP contribution in [0.5, 0.6) is 0 Å². The van der Waals surface area contributed by atoms with E-state index in [1.54, 1.807) is 0 Å². The topological polar surface area (TPSA) is 460 Å². The maximum Gasteiger partial charge on any atom is 0.394 e. The van der Waals surface area contributed by atoms with Gasteiger partial charge in [0.1, 0.15) is 0 Å². The van der Waals surface area contributed by atoms with E-state index in [9.17, 15) is 0 Å². The maximum absolute atomic E-state index is 8.74. The first kappa shape index (κ1) is 338. The Labute approximate surface area is 96.1 Å². The van der Waals surface area contributed by atoms with Crippen LogP contribution in [-0.2, 0) is 10.4 Å². The van der Waals surface area contributed by atoms with Crippen LogP contribution in [0.25, 0.3) is 0 Å². The van der Waals surface area contributed by atoms with Gasteiger partial charge in [-0.1, -0.05) is 0 Å². The number of hydrogen-bond donors (Lipinski definition) is 4. The highest BCUT2D eigenvalue weighted by molar-refractivity contribution is 7.79. The summed E-state index contributed by atoms with van der Waals surface area (Å²) in [5, 5.41) is 0. The van der Waals surface area contributed by atoms with Crippen molar-refractivity contribution in [1.29, 1.82) is 0 Å². The fourth-order valence-corrected chi connectivity index (χ4v) is 0. The van der Waals surface area contributed by atoms with Crippen LogP contribution in [0.1, 0.15) is 0 Å². The molecule has 17 heteroatoms. The van der Waals surface area contributed by atoms with Gasteiger partial charge >= 0.3 is 10.4 Å². The van der Waals surface area contributed by atoms with E-state index in [0.717, 1.165) is 0 Å². The molecule has 0 atom stereocenters. The van der Waals surface area contributed by atoms with E-state index in [0.29, 0.717) is 0 Å². The Kier molecular flexibility index (Phi) is 2180. The summed E-state index contributed by atoms with van der Waals surface area (Å²) in [5.74, 6) is 0. The Morgan fingerprint density at radius 2 is 0.471 bits per heavy atom. The molecule has 0 spiro atoms. The first-order valence-electron chi connectivity index (χ1n) is 0.698. The third-order valence-corrected chi connectivity index (χ3v) is 0. The molecule has 28 N–H and O–H groups in total. The SMILES string of the molecule is N.N.O.O.O.O.O.O.O.O.O.O.O=S(=O)(O)O. The first-order chi connectivity index (χ1) is 2.00. The number of rotatable bonds is 0. The highest BCUT2D eigenvalue weighted by Gasteiger charge is 1.84. The van der Waals surface area contributed by atoms with Crippen molar-refractivity contribution >= 4 is 10.4 Å². The second-order valence-corrected chi connectivity index (χ2v) is 1.34. The van der Waals surface area contributed by atoms with Crippen LogP contribution in [0.4, 0.5) is 0 Å². The molecule has 16 nitrogen and oxygen atoms in total. The Morgan fingerprint density at radius 3 is 0.471 bits per heavy atom. The van der Waals surface area contributed by atoms with Gasteiger partial charge in [0, 0.05) is 0 Å². The molecule has 0 unspecified atom stereocenters. The zero-order valence-corrected chi connectivity index (χ0v) is 9.35. The van der Waals surface area contributed by atoms with Gasteiger partial charge in [-0.3, -0.25) is 9.11 Å². The van der Waals surface area contributed by atoms with Gasteiger partial charge in [0.25, 0.3) is 0 Å². The molecule has 0 aromatic rings.